The fraction of sp³-hybridized carbons (Fsp3) is 0.542. The first-order chi connectivity index (χ1) is 14.7. The van der Waals surface area contributed by atoms with E-state index in [0.29, 0.717) is 31.8 Å². The van der Waals surface area contributed by atoms with Gasteiger partial charge in [0.05, 0.1) is 17.9 Å². The highest BCUT2D eigenvalue weighted by Gasteiger charge is 2.23. The topological polar surface area (TPSA) is 76.5 Å². The lowest BCUT2D eigenvalue weighted by Crippen LogP contribution is -2.39. The van der Waals surface area contributed by atoms with Gasteiger partial charge < -0.3 is 15.0 Å². The Morgan fingerprint density at radius 3 is 2.55 bits per heavy atom. The van der Waals surface area contributed by atoms with Crippen LogP contribution in [0, 0.1) is 6.92 Å². The zero-order chi connectivity index (χ0) is 23.0. The van der Waals surface area contributed by atoms with Gasteiger partial charge in [-0.3, -0.25) is 9.59 Å². The minimum absolute atomic E-state index is 0.00630. The highest BCUT2D eigenvalue weighted by Crippen LogP contribution is 2.27. The lowest BCUT2D eigenvalue weighted by molar-refractivity contribution is -0.134. The number of nitrogens with zero attached hydrogens (tertiary/aromatic N) is 3. The van der Waals surface area contributed by atoms with Gasteiger partial charge in [0.1, 0.15) is 5.82 Å². The van der Waals surface area contributed by atoms with Crippen LogP contribution in [0.15, 0.2) is 30.3 Å². The van der Waals surface area contributed by atoms with Crippen molar-refractivity contribution in [3.05, 3.63) is 41.6 Å². The number of amides is 2. The molecule has 7 nitrogen and oxygen atoms in total. The molecule has 7 heteroatoms. The van der Waals surface area contributed by atoms with E-state index >= 15 is 0 Å². The third-order valence-electron chi connectivity index (χ3n) is 5.02. The van der Waals surface area contributed by atoms with Gasteiger partial charge >= 0.3 is 0 Å². The molecule has 1 aromatic carbocycles. The van der Waals surface area contributed by atoms with Crippen LogP contribution in [0.5, 0.6) is 0 Å². The van der Waals surface area contributed by atoms with Crippen molar-refractivity contribution in [2.24, 2.45) is 0 Å². The number of ether oxygens (including phenoxy) is 1. The lowest BCUT2D eigenvalue weighted by Gasteiger charge is -2.22. The van der Waals surface area contributed by atoms with Crippen molar-refractivity contribution in [2.75, 3.05) is 32.1 Å². The van der Waals surface area contributed by atoms with Crippen LogP contribution in [0.3, 0.4) is 0 Å². The molecule has 0 radical (unpaired) electrons. The fourth-order valence-electron chi connectivity index (χ4n) is 3.24. The number of aryl methyl sites for hydroxylation is 1. The first kappa shape index (κ1) is 24.6. The van der Waals surface area contributed by atoms with Crippen LogP contribution in [-0.4, -0.2) is 53.3 Å². The Morgan fingerprint density at radius 2 is 1.94 bits per heavy atom. The largest absolute Gasteiger partial charge is 0.385 e. The van der Waals surface area contributed by atoms with Crippen molar-refractivity contribution < 1.29 is 14.3 Å². The number of carbonyl (C=O) groups excluding carboxylic acids is 2. The molecule has 1 heterocycles. The molecule has 0 spiro atoms. The third-order valence-corrected chi connectivity index (χ3v) is 5.02. The molecule has 0 saturated carbocycles. The van der Waals surface area contributed by atoms with Crippen LogP contribution < -0.4 is 5.32 Å². The number of methoxy groups -OCH3 is 1. The molecule has 1 N–H and O–H groups in total. The maximum atomic E-state index is 12.9. The predicted octanol–water partition coefficient (Wildman–Crippen LogP) is 4.08. The van der Waals surface area contributed by atoms with Crippen molar-refractivity contribution in [3.63, 3.8) is 0 Å². The molecule has 0 fully saturated rings. The average Bonchev–Trinajstić information content (AvgIpc) is 3.11. The smallest absolute Gasteiger partial charge is 0.245 e. The second-order valence-corrected chi connectivity index (χ2v) is 8.82. The van der Waals surface area contributed by atoms with Gasteiger partial charge in [0.25, 0.3) is 0 Å². The molecule has 1 aromatic heterocycles. The van der Waals surface area contributed by atoms with E-state index in [9.17, 15) is 9.59 Å². The van der Waals surface area contributed by atoms with Crippen molar-refractivity contribution in [1.29, 1.82) is 0 Å². The molecule has 2 rings (SSSR count). The normalized spacial score (nSPS) is 11.4. The van der Waals surface area contributed by atoms with Gasteiger partial charge in [0, 0.05) is 38.2 Å². The Hall–Kier alpha value is -2.67. The van der Waals surface area contributed by atoms with Gasteiger partial charge in [0.2, 0.25) is 11.8 Å². The summed E-state index contributed by atoms with van der Waals surface area (Å²) in [6.07, 6.45) is 1.86. The number of hydrogen-bond acceptors (Lipinski definition) is 4. The van der Waals surface area contributed by atoms with E-state index in [4.69, 9.17) is 9.84 Å². The maximum Gasteiger partial charge on any atom is 0.245 e. The number of aromatic nitrogens is 2. The average molecular weight is 429 g/mol. The minimum atomic E-state index is -0.239. The first-order valence-electron chi connectivity index (χ1n) is 10.9. The molecule has 0 unspecified atom stereocenters. The van der Waals surface area contributed by atoms with Crippen LogP contribution in [-0.2, 0) is 19.7 Å². The van der Waals surface area contributed by atoms with Crippen LogP contribution in [0.1, 0.15) is 58.2 Å². The van der Waals surface area contributed by atoms with E-state index < -0.39 is 0 Å². The van der Waals surface area contributed by atoms with Gasteiger partial charge in [-0.15, -0.1) is 0 Å². The summed E-state index contributed by atoms with van der Waals surface area (Å²) in [7, 11) is 1.63. The molecule has 0 saturated heterocycles. The first-order valence-corrected chi connectivity index (χ1v) is 10.9. The summed E-state index contributed by atoms with van der Waals surface area (Å²) in [6.45, 7) is 11.3. The van der Waals surface area contributed by atoms with Crippen molar-refractivity contribution >= 4 is 17.6 Å². The second kappa shape index (κ2) is 11.1. The van der Waals surface area contributed by atoms with Gasteiger partial charge in [-0.25, -0.2) is 4.68 Å². The summed E-state index contributed by atoms with van der Waals surface area (Å²) >= 11 is 0. The Kier molecular flexibility index (Phi) is 8.80. The van der Waals surface area contributed by atoms with E-state index in [2.05, 4.69) is 26.1 Å². The van der Waals surface area contributed by atoms with E-state index in [1.54, 1.807) is 16.7 Å². The standard InChI is InChI=1S/C24H36N4O3/c1-7-11-23(30)27(14-10-15-31-6)17-22(29)25-21-16-20(24(3,4)5)26-28(21)19-13-9-8-12-18(19)2/h8-9,12-13,16H,7,10-11,14-15,17H2,1-6H3,(H,25,29). The van der Waals surface area contributed by atoms with Crippen LogP contribution >= 0.6 is 0 Å². The SMILES string of the molecule is CCCC(=O)N(CCCOC)CC(=O)Nc1cc(C(C)(C)C)nn1-c1ccccc1C. The van der Waals surface area contributed by atoms with E-state index in [-0.39, 0.29) is 23.8 Å². The number of benzene rings is 1. The molecular formula is C24H36N4O3. The summed E-state index contributed by atoms with van der Waals surface area (Å²) in [6, 6.07) is 9.83. The zero-order valence-corrected chi connectivity index (χ0v) is 19.7. The number of anilines is 1. The lowest BCUT2D eigenvalue weighted by atomic mass is 9.92. The Labute approximate surface area is 185 Å². The molecule has 31 heavy (non-hydrogen) atoms. The summed E-state index contributed by atoms with van der Waals surface area (Å²) in [5, 5.41) is 7.76. The summed E-state index contributed by atoms with van der Waals surface area (Å²) in [5.74, 6) is 0.345. The van der Waals surface area contributed by atoms with E-state index in [0.717, 1.165) is 23.4 Å². The molecule has 2 aromatic rings. The predicted molar refractivity (Wildman–Crippen MR) is 124 cm³/mol. The highest BCUT2D eigenvalue weighted by molar-refractivity contribution is 5.94. The number of rotatable bonds is 10. The molecule has 0 bridgehead atoms. The van der Waals surface area contributed by atoms with E-state index in [1.807, 2.05) is 44.2 Å². The van der Waals surface area contributed by atoms with Gasteiger partial charge in [-0.1, -0.05) is 45.9 Å². The van der Waals surface area contributed by atoms with E-state index in [1.165, 1.54) is 0 Å². The fourth-order valence-corrected chi connectivity index (χ4v) is 3.24. The quantitative estimate of drug-likeness (QED) is 0.579. The molecule has 2 amide bonds. The Balaban J connectivity index is 2.26. The van der Waals surface area contributed by atoms with Gasteiger partial charge in [-0.2, -0.15) is 5.10 Å². The van der Waals surface area contributed by atoms with Crippen molar-refractivity contribution in [1.82, 2.24) is 14.7 Å². The number of hydrogen-bond donors (Lipinski definition) is 1. The summed E-state index contributed by atoms with van der Waals surface area (Å²) < 4.78 is 6.87. The van der Waals surface area contributed by atoms with Crippen molar-refractivity contribution in [3.8, 4) is 5.69 Å². The molecule has 0 aliphatic heterocycles. The van der Waals surface area contributed by atoms with Crippen molar-refractivity contribution in [2.45, 2.75) is 59.3 Å². The number of nitrogens with one attached hydrogen (secondary N) is 1. The monoisotopic (exact) mass is 428 g/mol. The zero-order valence-electron chi connectivity index (χ0n) is 19.7. The van der Waals surface area contributed by atoms with Gasteiger partial charge in [-0.05, 0) is 31.4 Å². The molecule has 0 aliphatic rings. The van der Waals surface area contributed by atoms with Crippen LogP contribution in [0.2, 0.25) is 0 Å². The maximum absolute atomic E-state index is 12.9. The molecule has 0 atom stereocenters. The Morgan fingerprint density at radius 1 is 1.23 bits per heavy atom. The van der Waals surface area contributed by atoms with Gasteiger partial charge in [0.15, 0.2) is 0 Å². The Bertz CT molecular complexity index is 883. The third kappa shape index (κ3) is 6.92. The molecular weight excluding hydrogens is 392 g/mol. The summed E-state index contributed by atoms with van der Waals surface area (Å²) in [5.41, 5.74) is 2.68. The number of carbonyl (C=O) groups is 2. The summed E-state index contributed by atoms with van der Waals surface area (Å²) in [4.78, 5) is 27.0. The van der Waals surface area contributed by atoms with Crippen LogP contribution in [0.4, 0.5) is 5.82 Å². The molecule has 170 valence electrons. The highest BCUT2D eigenvalue weighted by atomic mass is 16.5. The minimum Gasteiger partial charge on any atom is -0.385 e. The molecule has 0 aliphatic carbocycles. The number of para-hydroxylation sites is 1. The second-order valence-electron chi connectivity index (χ2n) is 8.82. The van der Waals surface area contributed by atoms with Crippen LogP contribution in [0.25, 0.3) is 5.69 Å².